The Kier molecular flexibility index (Phi) is 5.25. The molecule has 0 aromatic carbocycles. The van der Waals surface area contributed by atoms with E-state index >= 15 is 0 Å². The molecule has 0 spiro atoms. The quantitative estimate of drug-likeness (QED) is 0.707. The second kappa shape index (κ2) is 6.48. The second-order valence-electron chi connectivity index (χ2n) is 4.19. The van der Waals surface area contributed by atoms with Gasteiger partial charge >= 0.3 is 0 Å². The molecule has 0 unspecified atom stereocenters. The van der Waals surface area contributed by atoms with Crippen LogP contribution in [0.1, 0.15) is 26.2 Å². The van der Waals surface area contributed by atoms with E-state index in [0.717, 1.165) is 32.6 Å². The predicted molar refractivity (Wildman–Crippen MR) is 61.7 cm³/mol. The van der Waals surface area contributed by atoms with Crippen LogP contribution in [-0.4, -0.2) is 54.3 Å². The molecule has 92 valence electrons. The fourth-order valence-electron chi connectivity index (χ4n) is 1.86. The molecule has 5 nitrogen and oxygen atoms in total. The van der Waals surface area contributed by atoms with Gasteiger partial charge in [0.15, 0.2) is 0 Å². The summed E-state index contributed by atoms with van der Waals surface area (Å²) in [5, 5.41) is 0. The van der Waals surface area contributed by atoms with Gasteiger partial charge in [-0.15, -0.1) is 0 Å². The summed E-state index contributed by atoms with van der Waals surface area (Å²) in [4.78, 5) is 26.3. The van der Waals surface area contributed by atoms with E-state index in [9.17, 15) is 9.59 Å². The number of nitrogens with zero attached hydrogens (tertiary/aromatic N) is 2. The lowest BCUT2D eigenvalue weighted by Gasteiger charge is -2.34. The molecule has 0 aromatic rings. The Morgan fingerprint density at radius 3 is 2.25 bits per heavy atom. The first-order chi connectivity index (χ1) is 7.63. The SMILES string of the molecule is CCCC(=O)N1CCN(CCC(N)=O)CC1. The van der Waals surface area contributed by atoms with Gasteiger partial charge in [0, 0.05) is 45.6 Å². The Hall–Kier alpha value is -1.10. The molecule has 1 rings (SSSR count). The highest BCUT2D eigenvalue weighted by molar-refractivity contribution is 5.76. The van der Waals surface area contributed by atoms with E-state index < -0.39 is 0 Å². The van der Waals surface area contributed by atoms with Gasteiger partial charge in [-0.25, -0.2) is 0 Å². The van der Waals surface area contributed by atoms with Crippen molar-refractivity contribution in [2.45, 2.75) is 26.2 Å². The van der Waals surface area contributed by atoms with E-state index in [1.807, 2.05) is 11.8 Å². The molecule has 2 N–H and O–H groups in total. The van der Waals surface area contributed by atoms with Crippen molar-refractivity contribution in [1.82, 2.24) is 9.80 Å². The first-order valence-electron chi connectivity index (χ1n) is 5.92. The van der Waals surface area contributed by atoms with Gasteiger partial charge in [-0.1, -0.05) is 6.92 Å². The summed E-state index contributed by atoms with van der Waals surface area (Å²) in [6.45, 7) is 5.98. The zero-order valence-electron chi connectivity index (χ0n) is 9.95. The number of carbonyl (C=O) groups excluding carboxylic acids is 2. The predicted octanol–water partition coefficient (Wildman–Crippen LogP) is -0.194. The highest BCUT2D eigenvalue weighted by Gasteiger charge is 2.20. The van der Waals surface area contributed by atoms with Gasteiger partial charge in [-0.3, -0.25) is 14.5 Å². The highest BCUT2D eigenvalue weighted by atomic mass is 16.2. The fourth-order valence-corrected chi connectivity index (χ4v) is 1.86. The minimum absolute atomic E-state index is 0.247. The van der Waals surface area contributed by atoms with Crippen LogP contribution in [0, 0.1) is 0 Å². The second-order valence-corrected chi connectivity index (χ2v) is 4.19. The van der Waals surface area contributed by atoms with Crippen molar-refractivity contribution >= 4 is 11.8 Å². The van der Waals surface area contributed by atoms with Crippen LogP contribution in [0.25, 0.3) is 0 Å². The third kappa shape index (κ3) is 4.18. The maximum Gasteiger partial charge on any atom is 0.222 e. The Bertz CT molecular complexity index is 248. The van der Waals surface area contributed by atoms with Gasteiger partial charge in [0.1, 0.15) is 0 Å². The van der Waals surface area contributed by atoms with E-state index in [-0.39, 0.29) is 11.8 Å². The lowest BCUT2D eigenvalue weighted by molar-refractivity contribution is -0.133. The molecular weight excluding hydrogens is 206 g/mol. The van der Waals surface area contributed by atoms with Crippen LogP contribution in [0.2, 0.25) is 0 Å². The molecule has 1 aliphatic heterocycles. The van der Waals surface area contributed by atoms with Crippen molar-refractivity contribution in [2.75, 3.05) is 32.7 Å². The first kappa shape index (κ1) is 13.0. The largest absolute Gasteiger partial charge is 0.370 e. The lowest BCUT2D eigenvalue weighted by atomic mass is 10.2. The van der Waals surface area contributed by atoms with Crippen molar-refractivity contribution in [2.24, 2.45) is 5.73 Å². The van der Waals surface area contributed by atoms with E-state index in [1.165, 1.54) is 0 Å². The Labute approximate surface area is 96.6 Å². The minimum atomic E-state index is -0.260. The number of rotatable bonds is 5. The van der Waals surface area contributed by atoms with Crippen molar-refractivity contribution in [1.29, 1.82) is 0 Å². The molecule has 1 saturated heterocycles. The van der Waals surface area contributed by atoms with Gasteiger partial charge in [0.25, 0.3) is 0 Å². The molecular formula is C11H21N3O2. The topological polar surface area (TPSA) is 66.6 Å². The number of amides is 2. The molecule has 0 bridgehead atoms. The molecule has 1 fully saturated rings. The van der Waals surface area contributed by atoms with Crippen LogP contribution < -0.4 is 5.73 Å². The van der Waals surface area contributed by atoms with Crippen LogP contribution in [0.3, 0.4) is 0 Å². The average Bonchev–Trinajstić information content (AvgIpc) is 2.27. The molecule has 0 aromatic heterocycles. The number of nitrogens with two attached hydrogens (primary N) is 1. The number of primary amides is 1. The van der Waals surface area contributed by atoms with Gasteiger partial charge < -0.3 is 10.6 Å². The van der Waals surface area contributed by atoms with Crippen molar-refractivity contribution in [3.05, 3.63) is 0 Å². The summed E-state index contributed by atoms with van der Waals surface area (Å²) in [6.07, 6.45) is 1.95. The number of hydrogen-bond donors (Lipinski definition) is 1. The van der Waals surface area contributed by atoms with Crippen LogP contribution in [0.5, 0.6) is 0 Å². The molecule has 1 aliphatic rings. The summed E-state index contributed by atoms with van der Waals surface area (Å²) < 4.78 is 0. The standard InChI is InChI=1S/C11H21N3O2/c1-2-3-11(16)14-8-6-13(7-9-14)5-4-10(12)15/h2-9H2,1H3,(H2,12,15). The molecule has 16 heavy (non-hydrogen) atoms. The molecule has 5 heteroatoms. The Balaban J connectivity index is 2.23. The summed E-state index contributed by atoms with van der Waals surface area (Å²) in [7, 11) is 0. The van der Waals surface area contributed by atoms with Crippen LogP contribution in [-0.2, 0) is 9.59 Å². The molecule has 2 amide bonds. The summed E-state index contributed by atoms with van der Waals surface area (Å²) >= 11 is 0. The molecule has 0 saturated carbocycles. The first-order valence-corrected chi connectivity index (χ1v) is 5.92. The van der Waals surface area contributed by atoms with Crippen LogP contribution in [0.15, 0.2) is 0 Å². The van der Waals surface area contributed by atoms with Gasteiger partial charge in [-0.2, -0.15) is 0 Å². The maximum absolute atomic E-state index is 11.6. The van der Waals surface area contributed by atoms with Crippen molar-refractivity contribution < 1.29 is 9.59 Å². The van der Waals surface area contributed by atoms with E-state index in [1.54, 1.807) is 0 Å². The van der Waals surface area contributed by atoms with E-state index in [0.29, 0.717) is 19.4 Å². The Morgan fingerprint density at radius 1 is 1.12 bits per heavy atom. The maximum atomic E-state index is 11.6. The molecule has 0 radical (unpaired) electrons. The summed E-state index contributed by atoms with van der Waals surface area (Å²) in [6, 6.07) is 0. The number of carbonyl (C=O) groups is 2. The van der Waals surface area contributed by atoms with Crippen molar-refractivity contribution in [3.63, 3.8) is 0 Å². The molecule has 1 heterocycles. The third-order valence-electron chi connectivity index (χ3n) is 2.86. The minimum Gasteiger partial charge on any atom is -0.370 e. The monoisotopic (exact) mass is 227 g/mol. The average molecular weight is 227 g/mol. The normalized spacial score (nSPS) is 17.4. The molecule has 0 atom stereocenters. The van der Waals surface area contributed by atoms with Gasteiger partial charge in [-0.05, 0) is 6.42 Å². The van der Waals surface area contributed by atoms with Crippen molar-refractivity contribution in [3.8, 4) is 0 Å². The summed E-state index contributed by atoms with van der Waals surface area (Å²) in [5.74, 6) is -0.0125. The van der Waals surface area contributed by atoms with Gasteiger partial charge in [0.05, 0.1) is 0 Å². The molecule has 0 aliphatic carbocycles. The van der Waals surface area contributed by atoms with Crippen LogP contribution >= 0.6 is 0 Å². The highest BCUT2D eigenvalue weighted by Crippen LogP contribution is 2.05. The number of hydrogen-bond acceptors (Lipinski definition) is 3. The smallest absolute Gasteiger partial charge is 0.222 e. The third-order valence-corrected chi connectivity index (χ3v) is 2.86. The van der Waals surface area contributed by atoms with E-state index in [4.69, 9.17) is 5.73 Å². The fraction of sp³-hybridized carbons (Fsp3) is 0.818. The zero-order valence-corrected chi connectivity index (χ0v) is 9.95. The lowest BCUT2D eigenvalue weighted by Crippen LogP contribution is -2.49. The number of piperazine rings is 1. The van der Waals surface area contributed by atoms with E-state index in [2.05, 4.69) is 4.90 Å². The Morgan fingerprint density at radius 2 is 1.75 bits per heavy atom. The van der Waals surface area contributed by atoms with Gasteiger partial charge in [0.2, 0.25) is 11.8 Å². The summed E-state index contributed by atoms with van der Waals surface area (Å²) in [5.41, 5.74) is 5.09. The zero-order chi connectivity index (χ0) is 12.0. The van der Waals surface area contributed by atoms with Crippen LogP contribution in [0.4, 0.5) is 0 Å².